The number of nitrogen functional groups attached to an aromatic ring is 1. The number of nitrogens with two attached hydrogens (primary N) is 1. The molecule has 0 aliphatic rings. The van der Waals surface area contributed by atoms with Crippen molar-refractivity contribution in [1.82, 2.24) is 4.98 Å². The predicted molar refractivity (Wildman–Crippen MR) is 49.7 cm³/mol. The van der Waals surface area contributed by atoms with Crippen molar-refractivity contribution >= 4 is 11.8 Å². The van der Waals surface area contributed by atoms with Crippen molar-refractivity contribution in [3.05, 3.63) is 22.9 Å². The van der Waals surface area contributed by atoms with E-state index in [0.29, 0.717) is 0 Å². The summed E-state index contributed by atoms with van der Waals surface area (Å²) >= 11 is 0. The highest BCUT2D eigenvalue weighted by atomic mass is 19.3. The second-order valence-electron chi connectivity index (χ2n) is 2.76. The Balaban J connectivity index is 3.50. The molecule has 84 valence electrons. The Kier molecular flexibility index (Phi) is 3.35. The molecule has 0 aromatic carbocycles. The fraction of sp³-hybridized carbons (Fsp3) is 0.222. The monoisotopic (exact) mass is 227 g/mol. The zero-order valence-corrected chi connectivity index (χ0v) is 8.20. The lowest BCUT2D eigenvalue weighted by Crippen LogP contribution is -2.11. The highest BCUT2D eigenvalue weighted by molar-refractivity contribution is 5.91. The zero-order valence-electron chi connectivity index (χ0n) is 8.20. The summed E-state index contributed by atoms with van der Waals surface area (Å²) in [5.74, 6) is -1.25. The molecule has 0 unspecified atom stereocenters. The third-order valence-electron chi connectivity index (χ3n) is 1.80. The number of halogens is 2. The number of alkyl halides is 2. The van der Waals surface area contributed by atoms with Gasteiger partial charge in [-0.05, 0) is 6.07 Å². The summed E-state index contributed by atoms with van der Waals surface area (Å²) in [6.07, 6.45) is -2.91. The third kappa shape index (κ3) is 2.06. The van der Waals surface area contributed by atoms with Crippen molar-refractivity contribution in [3.8, 4) is 6.07 Å². The Morgan fingerprint density at radius 2 is 2.31 bits per heavy atom. The number of carbonyl (C=O) groups is 1. The molecule has 5 nitrogen and oxygen atoms in total. The molecule has 0 fully saturated rings. The number of methoxy groups -OCH3 is 1. The third-order valence-corrected chi connectivity index (χ3v) is 1.80. The molecular formula is C9H7F2N3O2. The van der Waals surface area contributed by atoms with Crippen molar-refractivity contribution in [3.63, 3.8) is 0 Å². The summed E-state index contributed by atoms with van der Waals surface area (Å²) in [7, 11) is 1.05. The minimum Gasteiger partial charge on any atom is -0.464 e. The average molecular weight is 227 g/mol. The molecule has 7 heteroatoms. The van der Waals surface area contributed by atoms with Crippen LogP contribution >= 0.6 is 0 Å². The SMILES string of the molecule is COC(=O)c1nc(N)cc(C(F)F)c1C#N. The van der Waals surface area contributed by atoms with Crippen LogP contribution in [0.2, 0.25) is 0 Å². The van der Waals surface area contributed by atoms with E-state index in [2.05, 4.69) is 9.72 Å². The number of hydrogen-bond acceptors (Lipinski definition) is 5. The molecule has 0 radical (unpaired) electrons. The summed E-state index contributed by atoms with van der Waals surface area (Å²) in [5, 5.41) is 8.71. The topological polar surface area (TPSA) is 89.0 Å². The number of pyridine rings is 1. The van der Waals surface area contributed by atoms with E-state index in [1.807, 2.05) is 0 Å². The van der Waals surface area contributed by atoms with E-state index in [-0.39, 0.29) is 5.82 Å². The van der Waals surface area contributed by atoms with Gasteiger partial charge in [-0.25, -0.2) is 18.6 Å². The summed E-state index contributed by atoms with van der Waals surface area (Å²) in [6, 6.07) is 2.35. The molecule has 1 heterocycles. The molecule has 0 aliphatic heterocycles. The molecule has 2 N–H and O–H groups in total. The van der Waals surface area contributed by atoms with Crippen LogP contribution in [0.1, 0.15) is 28.0 Å². The normalized spacial score (nSPS) is 9.94. The molecule has 0 saturated heterocycles. The first-order valence-electron chi connectivity index (χ1n) is 4.08. The molecule has 0 amide bonds. The smallest absolute Gasteiger partial charge is 0.358 e. The number of nitrogens with zero attached hydrogens (tertiary/aromatic N) is 2. The van der Waals surface area contributed by atoms with Gasteiger partial charge >= 0.3 is 5.97 Å². The van der Waals surface area contributed by atoms with Gasteiger partial charge in [0.05, 0.1) is 12.7 Å². The van der Waals surface area contributed by atoms with Gasteiger partial charge in [0.25, 0.3) is 6.43 Å². The predicted octanol–water partition coefficient (Wildman–Crippen LogP) is 1.26. The van der Waals surface area contributed by atoms with Crippen LogP contribution in [0.25, 0.3) is 0 Å². The van der Waals surface area contributed by atoms with Gasteiger partial charge in [-0.3, -0.25) is 0 Å². The van der Waals surface area contributed by atoms with E-state index in [1.54, 1.807) is 0 Å². The second-order valence-corrected chi connectivity index (χ2v) is 2.76. The van der Waals surface area contributed by atoms with Crippen LogP contribution in [0, 0.1) is 11.3 Å². The molecule has 16 heavy (non-hydrogen) atoms. The van der Waals surface area contributed by atoms with E-state index >= 15 is 0 Å². The first-order valence-corrected chi connectivity index (χ1v) is 4.08. The molecule has 0 aliphatic carbocycles. The summed E-state index contributed by atoms with van der Waals surface area (Å²) in [4.78, 5) is 14.7. The number of aromatic nitrogens is 1. The largest absolute Gasteiger partial charge is 0.464 e. The van der Waals surface area contributed by atoms with Crippen LogP contribution in [0.5, 0.6) is 0 Å². The fourth-order valence-corrected chi connectivity index (χ4v) is 1.12. The standard InChI is InChI=1S/C9H7F2N3O2/c1-16-9(15)7-5(3-12)4(8(10)11)2-6(13)14-7/h2,8H,1H3,(H2,13,14). The van der Waals surface area contributed by atoms with Crippen molar-refractivity contribution < 1.29 is 18.3 Å². The Labute approximate surface area is 89.4 Å². The Morgan fingerprint density at radius 1 is 1.69 bits per heavy atom. The van der Waals surface area contributed by atoms with Gasteiger partial charge in [0, 0.05) is 5.56 Å². The zero-order chi connectivity index (χ0) is 12.3. The van der Waals surface area contributed by atoms with Gasteiger partial charge in [0.2, 0.25) is 0 Å². The van der Waals surface area contributed by atoms with E-state index in [0.717, 1.165) is 13.2 Å². The lowest BCUT2D eigenvalue weighted by molar-refractivity contribution is 0.0593. The molecule has 0 bridgehead atoms. The highest BCUT2D eigenvalue weighted by Crippen LogP contribution is 2.26. The van der Waals surface area contributed by atoms with Gasteiger partial charge in [-0.2, -0.15) is 5.26 Å². The molecule has 1 rings (SSSR count). The lowest BCUT2D eigenvalue weighted by Gasteiger charge is -2.07. The van der Waals surface area contributed by atoms with E-state index in [4.69, 9.17) is 11.0 Å². The Hall–Kier alpha value is -2.23. The Bertz CT molecular complexity index is 469. The first-order chi connectivity index (χ1) is 7.51. The number of anilines is 1. The van der Waals surface area contributed by atoms with Gasteiger partial charge in [-0.1, -0.05) is 0 Å². The van der Waals surface area contributed by atoms with Crippen molar-refractivity contribution in [2.45, 2.75) is 6.43 Å². The van der Waals surface area contributed by atoms with Crippen LogP contribution < -0.4 is 5.73 Å². The second kappa shape index (κ2) is 4.53. The van der Waals surface area contributed by atoms with E-state index < -0.39 is 29.2 Å². The lowest BCUT2D eigenvalue weighted by atomic mass is 10.1. The van der Waals surface area contributed by atoms with Crippen molar-refractivity contribution in [1.29, 1.82) is 5.26 Å². The van der Waals surface area contributed by atoms with Crippen LogP contribution in [-0.4, -0.2) is 18.1 Å². The van der Waals surface area contributed by atoms with Gasteiger partial charge in [0.15, 0.2) is 5.69 Å². The molecule has 0 saturated carbocycles. The number of esters is 1. The van der Waals surface area contributed by atoms with Crippen molar-refractivity contribution in [2.75, 3.05) is 12.8 Å². The van der Waals surface area contributed by atoms with Crippen LogP contribution in [0.15, 0.2) is 6.07 Å². The quantitative estimate of drug-likeness (QED) is 0.768. The van der Waals surface area contributed by atoms with Crippen LogP contribution in [0.4, 0.5) is 14.6 Å². The molecular weight excluding hydrogens is 220 g/mol. The maximum absolute atomic E-state index is 12.6. The highest BCUT2D eigenvalue weighted by Gasteiger charge is 2.23. The van der Waals surface area contributed by atoms with Crippen LogP contribution in [0.3, 0.4) is 0 Å². The molecule has 1 aromatic heterocycles. The van der Waals surface area contributed by atoms with Gasteiger partial charge in [0.1, 0.15) is 11.9 Å². The number of nitriles is 1. The number of hydrogen-bond donors (Lipinski definition) is 1. The van der Waals surface area contributed by atoms with E-state index in [1.165, 1.54) is 6.07 Å². The molecule has 0 spiro atoms. The summed E-state index contributed by atoms with van der Waals surface area (Å²) < 4.78 is 29.4. The van der Waals surface area contributed by atoms with E-state index in [9.17, 15) is 13.6 Å². The minimum atomic E-state index is -2.91. The summed E-state index contributed by atoms with van der Waals surface area (Å²) in [5.41, 5.74) is 3.61. The maximum Gasteiger partial charge on any atom is 0.358 e. The fourth-order valence-electron chi connectivity index (χ4n) is 1.12. The van der Waals surface area contributed by atoms with Crippen LogP contribution in [-0.2, 0) is 4.74 Å². The van der Waals surface area contributed by atoms with Gasteiger partial charge < -0.3 is 10.5 Å². The average Bonchev–Trinajstić information content (AvgIpc) is 2.26. The Morgan fingerprint density at radius 3 is 2.75 bits per heavy atom. The first kappa shape index (κ1) is 11.8. The number of rotatable bonds is 2. The number of ether oxygens (including phenoxy) is 1. The molecule has 0 atom stereocenters. The maximum atomic E-state index is 12.6. The number of carbonyl (C=O) groups excluding carboxylic acids is 1. The minimum absolute atomic E-state index is 0.269. The van der Waals surface area contributed by atoms with Crippen molar-refractivity contribution in [2.24, 2.45) is 0 Å². The molecule has 1 aromatic rings. The summed E-state index contributed by atoms with van der Waals surface area (Å²) in [6.45, 7) is 0. The van der Waals surface area contributed by atoms with Gasteiger partial charge in [-0.15, -0.1) is 0 Å².